The first-order valence-electron chi connectivity index (χ1n) is 7.00. The van der Waals surface area contributed by atoms with Gasteiger partial charge in [0, 0.05) is 0 Å². The lowest BCUT2D eigenvalue weighted by Crippen LogP contribution is -2.41. The van der Waals surface area contributed by atoms with Crippen LogP contribution in [0, 0.1) is 5.92 Å². The molecule has 0 radical (unpaired) electrons. The summed E-state index contributed by atoms with van der Waals surface area (Å²) in [5.41, 5.74) is 0.552. The van der Waals surface area contributed by atoms with Crippen LogP contribution in [-0.4, -0.2) is 11.4 Å². The molecule has 1 aliphatic heterocycles. The number of benzene rings is 1. The molecule has 96 valence electrons. The molecule has 1 saturated carbocycles. The fourth-order valence-corrected chi connectivity index (χ4v) is 3.27. The maximum absolute atomic E-state index is 12.3. The molecule has 18 heavy (non-hydrogen) atoms. The molecule has 0 bridgehead atoms. The highest BCUT2D eigenvalue weighted by Crippen LogP contribution is 2.41. The number of hydrogen-bond acceptors (Lipinski definition) is 2. The van der Waals surface area contributed by atoms with Crippen molar-refractivity contribution in [2.75, 3.05) is 0 Å². The van der Waals surface area contributed by atoms with E-state index in [4.69, 9.17) is 4.74 Å². The highest BCUT2D eigenvalue weighted by molar-refractivity contribution is 6.00. The smallest absolute Gasteiger partial charge is 0.170 e. The number of carbonyl (C=O) groups is 1. The molecule has 2 nitrogen and oxygen atoms in total. The molecule has 0 saturated heterocycles. The van der Waals surface area contributed by atoms with Crippen LogP contribution < -0.4 is 4.74 Å². The number of carbonyl (C=O) groups excluding carboxylic acids is 1. The Hall–Kier alpha value is -1.31. The van der Waals surface area contributed by atoms with E-state index < -0.39 is 0 Å². The van der Waals surface area contributed by atoms with E-state index in [0.29, 0.717) is 6.42 Å². The van der Waals surface area contributed by atoms with E-state index in [1.54, 1.807) is 0 Å². The molecule has 1 aromatic carbocycles. The normalized spacial score (nSPS) is 31.6. The maximum atomic E-state index is 12.3. The zero-order chi connectivity index (χ0) is 12.6. The largest absolute Gasteiger partial charge is 0.486 e. The summed E-state index contributed by atoms with van der Waals surface area (Å²) < 4.78 is 6.24. The molecular formula is C16H20O2. The molecule has 0 aromatic heterocycles. The molecular weight excluding hydrogens is 224 g/mol. The lowest BCUT2D eigenvalue weighted by atomic mass is 9.84. The van der Waals surface area contributed by atoms with Gasteiger partial charge in [-0.25, -0.2) is 0 Å². The third-order valence-corrected chi connectivity index (χ3v) is 4.42. The number of fused-ring (bicyclic) bond motifs is 1. The van der Waals surface area contributed by atoms with Gasteiger partial charge in [0.1, 0.15) is 11.4 Å². The SMILES string of the molecule is CC1CCCC2(CC1)CC(=O)c1ccccc1O2. The Morgan fingerprint density at radius 1 is 1.22 bits per heavy atom. The second-order valence-electron chi connectivity index (χ2n) is 5.92. The summed E-state index contributed by atoms with van der Waals surface area (Å²) in [5, 5.41) is 0. The molecule has 2 atom stereocenters. The van der Waals surface area contributed by atoms with Crippen molar-refractivity contribution in [2.45, 2.75) is 51.0 Å². The fourth-order valence-electron chi connectivity index (χ4n) is 3.27. The van der Waals surface area contributed by atoms with E-state index in [0.717, 1.165) is 30.1 Å². The van der Waals surface area contributed by atoms with Crippen molar-refractivity contribution in [1.29, 1.82) is 0 Å². The van der Waals surface area contributed by atoms with Crippen LogP contribution in [0.3, 0.4) is 0 Å². The molecule has 3 rings (SSSR count). The Labute approximate surface area is 108 Å². The molecule has 2 unspecified atom stereocenters. The van der Waals surface area contributed by atoms with Crippen LogP contribution in [0.5, 0.6) is 5.75 Å². The highest BCUT2D eigenvalue weighted by atomic mass is 16.5. The van der Waals surface area contributed by atoms with E-state index in [-0.39, 0.29) is 11.4 Å². The van der Waals surface area contributed by atoms with Crippen molar-refractivity contribution >= 4 is 5.78 Å². The molecule has 1 aromatic rings. The number of hydrogen-bond donors (Lipinski definition) is 0. The summed E-state index contributed by atoms with van der Waals surface area (Å²) in [4.78, 5) is 12.3. The average molecular weight is 244 g/mol. The summed E-state index contributed by atoms with van der Waals surface area (Å²) in [6.07, 6.45) is 6.23. The van der Waals surface area contributed by atoms with Crippen molar-refractivity contribution in [2.24, 2.45) is 5.92 Å². The van der Waals surface area contributed by atoms with Crippen LogP contribution in [0.25, 0.3) is 0 Å². The Morgan fingerprint density at radius 3 is 2.94 bits per heavy atom. The minimum Gasteiger partial charge on any atom is -0.486 e. The van der Waals surface area contributed by atoms with Crippen LogP contribution in [0.4, 0.5) is 0 Å². The van der Waals surface area contributed by atoms with Crippen LogP contribution in [0.15, 0.2) is 24.3 Å². The predicted molar refractivity (Wildman–Crippen MR) is 71.0 cm³/mol. The van der Waals surface area contributed by atoms with E-state index in [1.165, 1.54) is 19.3 Å². The lowest BCUT2D eigenvalue weighted by Gasteiger charge is -2.37. The van der Waals surface area contributed by atoms with Gasteiger partial charge in [-0.3, -0.25) is 4.79 Å². The minimum atomic E-state index is -0.212. The zero-order valence-electron chi connectivity index (χ0n) is 10.9. The molecule has 2 aliphatic rings. The Kier molecular flexibility index (Phi) is 2.89. The van der Waals surface area contributed by atoms with Gasteiger partial charge in [0.2, 0.25) is 0 Å². The second kappa shape index (κ2) is 4.42. The van der Waals surface area contributed by atoms with Gasteiger partial charge in [0.25, 0.3) is 0 Å². The monoisotopic (exact) mass is 244 g/mol. The molecule has 0 N–H and O–H groups in total. The van der Waals surface area contributed by atoms with Crippen molar-refractivity contribution in [1.82, 2.24) is 0 Å². The van der Waals surface area contributed by atoms with Crippen molar-refractivity contribution in [3.05, 3.63) is 29.8 Å². The van der Waals surface area contributed by atoms with Gasteiger partial charge < -0.3 is 4.74 Å². The Bertz CT molecular complexity index is 466. The third kappa shape index (κ3) is 2.05. The number of para-hydroxylation sites is 1. The molecule has 0 amide bonds. The topological polar surface area (TPSA) is 26.3 Å². The molecule has 1 spiro atoms. The van der Waals surface area contributed by atoms with E-state index >= 15 is 0 Å². The van der Waals surface area contributed by atoms with Crippen molar-refractivity contribution in [3.63, 3.8) is 0 Å². The molecule has 1 fully saturated rings. The first-order valence-corrected chi connectivity index (χ1v) is 7.00. The fraction of sp³-hybridized carbons (Fsp3) is 0.562. The van der Waals surface area contributed by atoms with Gasteiger partial charge in [-0.15, -0.1) is 0 Å². The van der Waals surface area contributed by atoms with E-state index in [2.05, 4.69) is 6.92 Å². The predicted octanol–water partition coefficient (Wildman–Crippen LogP) is 3.99. The summed E-state index contributed by atoms with van der Waals surface area (Å²) in [6, 6.07) is 7.67. The number of ketones is 1. The first-order chi connectivity index (χ1) is 8.69. The minimum absolute atomic E-state index is 0.212. The highest BCUT2D eigenvalue weighted by Gasteiger charge is 2.41. The second-order valence-corrected chi connectivity index (χ2v) is 5.92. The summed E-state index contributed by atoms with van der Waals surface area (Å²) in [7, 11) is 0. The Balaban J connectivity index is 1.90. The van der Waals surface area contributed by atoms with Gasteiger partial charge in [-0.2, -0.15) is 0 Å². The van der Waals surface area contributed by atoms with Crippen LogP contribution >= 0.6 is 0 Å². The van der Waals surface area contributed by atoms with Crippen LogP contribution in [-0.2, 0) is 0 Å². The van der Waals surface area contributed by atoms with Crippen molar-refractivity contribution < 1.29 is 9.53 Å². The van der Waals surface area contributed by atoms with Gasteiger partial charge in [0.05, 0.1) is 12.0 Å². The van der Waals surface area contributed by atoms with E-state index in [1.807, 2.05) is 24.3 Å². The maximum Gasteiger partial charge on any atom is 0.170 e. The van der Waals surface area contributed by atoms with Crippen LogP contribution in [0.2, 0.25) is 0 Å². The summed E-state index contributed by atoms with van der Waals surface area (Å²) in [6.45, 7) is 2.30. The van der Waals surface area contributed by atoms with Gasteiger partial charge in [-0.05, 0) is 43.7 Å². The first kappa shape index (κ1) is 11.8. The number of ether oxygens (including phenoxy) is 1. The summed E-state index contributed by atoms with van der Waals surface area (Å²) >= 11 is 0. The summed E-state index contributed by atoms with van der Waals surface area (Å²) in [5.74, 6) is 1.81. The van der Waals surface area contributed by atoms with Gasteiger partial charge >= 0.3 is 0 Å². The average Bonchev–Trinajstić information content (AvgIpc) is 2.53. The quantitative estimate of drug-likeness (QED) is 0.689. The van der Waals surface area contributed by atoms with Gasteiger partial charge in [0.15, 0.2) is 5.78 Å². The number of rotatable bonds is 0. The molecule has 1 heterocycles. The Morgan fingerprint density at radius 2 is 2.06 bits per heavy atom. The van der Waals surface area contributed by atoms with Gasteiger partial charge in [-0.1, -0.05) is 25.5 Å². The zero-order valence-corrected chi connectivity index (χ0v) is 10.9. The number of Topliss-reactive ketones (excluding diaryl/α,β-unsaturated/α-hetero) is 1. The third-order valence-electron chi connectivity index (χ3n) is 4.42. The molecule has 2 heteroatoms. The lowest BCUT2D eigenvalue weighted by molar-refractivity contribution is 0.0291. The molecule has 1 aliphatic carbocycles. The van der Waals surface area contributed by atoms with Crippen molar-refractivity contribution in [3.8, 4) is 5.75 Å². The standard InChI is InChI=1S/C16H20O2/c1-12-5-4-9-16(10-8-12)11-14(17)13-6-2-3-7-15(13)18-16/h2-3,6-7,12H,4-5,8-11H2,1H3. The van der Waals surface area contributed by atoms with Crippen LogP contribution in [0.1, 0.15) is 55.8 Å². The van der Waals surface area contributed by atoms with E-state index in [9.17, 15) is 4.79 Å².